The summed E-state index contributed by atoms with van der Waals surface area (Å²) in [5, 5.41) is 0. The van der Waals surface area contributed by atoms with Crippen molar-refractivity contribution in [1.82, 2.24) is 4.57 Å². The number of ketones is 1. The van der Waals surface area contributed by atoms with Crippen LogP contribution in [0.2, 0.25) is 0 Å². The van der Waals surface area contributed by atoms with Crippen LogP contribution in [0.3, 0.4) is 0 Å². The lowest BCUT2D eigenvalue weighted by Crippen LogP contribution is -2.12. The zero-order valence-electron chi connectivity index (χ0n) is 10.7. The van der Waals surface area contributed by atoms with Gasteiger partial charge in [0.2, 0.25) is 0 Å². The minimum atomic E-state index is -0.309. The number of nitrogens with zero attached hydrogens (tertiary/aromatic N) is 1. The molecule has 0 fully saturated rings. The van der Waals surface area contributed by atoms with Gasteiger partial charge in [0.15, 0.2) is 5.78 Å². The Bertz CT molecular complexity index is 572. The molecule has 0 aliphatic rings. The van der Waals surface area contributed by atoms with Crippen LogP contribution in [-0.2, 0) is 16.1 Å². The summed E-state index contributed by atoms with van der Waals surface area (Å²) in [6.45, 7) is 2.24. The summed E-state index contributed by atoms with van der Waals surface area (Å²) in [5.74, 6) is -0.361. The number of benzene rings is 1. The van der Waals surface area contributed by atoms with E-state index in [4.69, 9.17) is 4.74 Å². The smallest absolute Gasteiger partial charge is 0.325 e. The fourth-order valence-electron chi connectivity index (χ4n) is 1.79. The van der Waals surface area contributed by atoms with Gasteiger partial charge in [-0.3, -0.25) is 9.59 Å². The third-order valence-electron chi connectivity index (χ3n) is 2.67. The molecule has 0 aliphatic heterocycles. The van der Waals surface area contributed by atoms with Crippen molar-refractivity contribution >= 4 is 11.8 Å². The van der Waals surface area contributed by atoms with Gasteiger partial charge in [-0.2, -0.15) is 0 Å². The SMILES string of the molecule is CCOC(=O)Cn1ccc(C(=O)c2ccccc2)c1. The maximum Gasteiger partial charge on any atom is 0.325 e. The lowest BCUT2D eigenvalue weighted by Gasteiger charge is -2.02. The van der Waals surface area contributed by atoms with Crippen molar-refractivity contribution in [2.75, 3.05) is 6.61 Å². The Morgan fingerprint density at radius 1 is 1.11 bits per heavy atom. The van der Waals surface area contributed by atoms with Gasteiger partial charge in [0.25, 0.3) is 0 Å². The molecule has 2 aromatic rings. The zero-order valence-corrected chi connectivity index (χ0v) is 10.7. The van der Waals surface area contributed by atoms with Gasteiger partial charge < -0.3 is 9.30 Å². The van der Waals surface area contributed by atoms with Crippen LogP contribution in [0.1, 0.15) is 22.8 Å². The second kappa shape index (κ2) is 6.00. The van der Waals surface area contributed by atoms with Crippen LogP contribution in [0.5, 0.6) is 0 Å². The number of esters is 1. The van der Waals surface area contributed by atoms with Crippen LogP contribution in [0.15, 0.2) is 48.8 Å². The van der Waals surface area contributed by atoms with Crippen LogP contribution >= 0.6 is 0 Å². The van der Waals surface area contributed by atoms with E-state index in [0.29, 0.717) is 17.7 Å². The molecule has 4 heteroatoms. The molecule has 0 radical (unpaired) electrons. The topological polar surface area (TPSA) is 48.3 Å². The molecular formula is C15H15NO3. The molecule has 2 rings (SSSR count). The molecule has 98 valence electrons. The average molecular weight is 257 g/mol. The highest BCUT2D eigenvalue weighted by atomic mass is 16.5. The third-order valence-corrected chi connectivity index (χ3v) is 2.67. The van der Waals surface area contributed by atoms with Gasteiger partial charge in [0.05, 0.1) is 6.61 Å². The molecule has 1 aromatic heterocycles. The van der Waals surface area contributed by atoms with Crippen LogP contribution < -0.4 is 0 Å². The van der Waals surface area contributed by atoms with Crippen LogP contribution in [0, 0.1) is 0 Å². The van der Waals surface area contributed by atoms with Crippen molar-refractivity contribution in [3.63, 3.8) is 0 Å². The van der Waals surface area contributed by atoms with Gasteiger partial charge in [0, 0.05) is 23.5 Å². The lowest BCUT2D eigenvalue weighted by molar-refractivity contribution is -0.143. The van der Waals surface area contributed by atoms with Crippen molar-refractivity contribution in [3.8, 4) is 0 Å². The Morgan fingerprint density at radius 3 is 2.53 bits per heavy atom. The van der Waals surface area contributed by atoms with Gasteiger partial charge in [-0.25, -0.2) is 0 Å². The first-order valence-corrected chi connectivity index (χ1v) is 6.12. The van der Waals surface area contributed by atoms with E-state index in [1.54, 1.807) is 42.1 Å². The number of carbonyl (C=O) groups is 2. The monoisotopic (exact) mass is 257 g/mol. The number of hydrogen-bond acceptors (Lipinski definition) is 3. The lowest BCUT2D eigenvalue weighted by atomic mass is 10.1. The molecule has 0 aliphatic carbocycles. The second-order valence-corrected chi connectivity index (χ2v) is 4.07. The quantitative estimate of drug-likeness (QED) is 0.610. The highest BCUT2D eigenvalue weighted by Gasteiger charge is 2.11. The molecule has 0 amide bonds. The van der Waals surface area contributed by atoms with Crippen LogP contribution in [0.25, 0.3) is 0 Å². The van der Waals surface area contributed by atoms with Gasteiger partial charge in [-0.05, 0) is 13.0 Å². The van der Waals surface area contributed by atoms with Crippen molar-refractivity contribution in [2.45, 2.75) is 13.5 Å². The van der Waals surface area contributed by atoms with Crippen molar-refractivity contribution in [3.05, 3.63) is 59.9 Å². The average Bonchev–Trinajstić information content (AvgIpc) is 2.87. The maximum atomic E-state index is 12.1. The molecule has 0 unspecified atom stereocenters. The summed E-state index contributed by atoms with van der Waals surface area (Å²) >= 11 is 0. The van der Waals surface area contributed by atoms with Gasteiger partial charge in [-0.15, -0.1) is 0 Å². The first-order valence-electron chi connectivity index (χ1n) is 6.12. The molecule has 0 spiro atoms. The van der Waals surface area contributed by atoms with E-state index in [0.717, 1.165) is 0 Å². The molecule has 1 aromatic carbocycles. The largest absolute Gasteiger partial charge is 0.465 e. The Kier molecular flexibility index (Phi) is 4.13. The van der Waals surface area contributed by atoms with E-state index < -0.39 is 0 Å². The Morgan fingerprint density at radius 2 is 1.84 bits per heavy atom. The standard InChI is InChI=1S/C15H15NO3/c1-2-19-14(17)11-16-9-8-13(10-16)15(18)12-6-4-3-5-7-12/h3-10H,2,11H2,1H3. The summed E-state index contributed by atoms with van der Waals surface area (Å²) < 4.78 is 6.50. The molecule has 1 heterocycles. The van der Waals surface area contributed by atoms with E-state index in [-0.39, 0.29) is 18.3 Å². The number of hydrogen-bond donors (Lipinski definition) is 0. The molecule has 0 atom stereocenters. The minimum Gasteiger partial charge on any atom is -0.465 e. The minimum absolute atomic E-state index is 0.0526. The molecule has 0 N–H and O–H groups in total. The first-order chi connectivity index (χ1) is 9.20. The van der Waals surface area contributed by atoms with E-state index >= 15 is 0 Å². The first kappa shape index (κ1) is 13.1. The molecule has 0 bridgehead atoms. The fourth-order valence-corrected chi connectivity index (χ4v) is 1.79. The molecule has 4 nitrogen and oxygen atoms in total. The summed E-state index contributed by atoms with van der Waals surface area (Å²) in [7, 11) is 0. The molecule has 19 heavy (non-hydrogen) atoms. The zero-order chi connectivity index (χ0) is 13.7. The highest BCUT2D eigenvalue weighted by Crippen LogP contribution is 2.10. The van der Waals surface area contributed by atoms with Crippen molar-refractivity contribution in [2.24, 2.45) is 0 Å². The second-order valence-electron chi connectivity index (χ2n) is 4.07. The van der Waals surface area contributed by atoms with E-state index in [1.165, 1.54) is 0 Å². The summed E-state index contributed by atoms with van der Waals surface area (Å²) in [6, 6.07) is 10.7. The maximum absolute atomic E-state index is 12.1. The molecule has 0 saturated carbocycles. The number of aromatic nitrogens is 1. The van der Waals surface area contributed by atoms with Crippen molar-refractivity contribution in [1.29, 1.82) is 0 Å². The Hall–Kier alpha value is -2.36. The van der Waals surface area contributed by atoms with Gasteiger partial charge in [0.1, 0.15) is 6.54 Å². The highest BCUT2D eigenvalue weighted by molar-refractivity contribution is 6.08. The van der Waals surface area contributed by atoms with Crippen LogP contribution in [-0.4, -0.2) is 22.9 Å². The van der Waals surface area contributed by atoms with E-state index in [2.05, 4.69) is 0 Å². The van der Waals surface area contributed by atoms with Crippen molar-refractivity contribution < 1.29 is 14.3 Å². The third kappa shape index (κ3) is 3.31. The molecular weight excluding hydrogens is 242 g/mol. The Labute approximate surface area is 111 Å². The number of rotatable bonds is 5. The summed E-state index contributed by atoms with van der Waals surface area (Å²) in [5.41, 5.74) is 1.20. The fraction of sp³-hybridized carbons (Fsp3) is 0.200. The molecule has 0 saturated heterocycles. The van der Waals surface area contributed by atoms with E-state index in [1.807, 2.05) is 18.2 Å². The predicted molar refractivity (Wildman–Crippen MR) is 70.9 cm³/mol. The number of carbonyl (C=O) groups excluding carboxylic acids is 2. The summed E-state index contributed by atoms with van der Waals surface area (Å²) in [4.78, 5) is 23.5. The normalized spacial score (nSPS) is 10.2. The van der Waals surface area contributed by atoms with Gasteiger partial charge >= 0.3 is 5.97 Å². The Balaban J connectivity index is 2.09. The predicted octanol–water partition coefficient (Wildman–Crippen LogP) is 2.28. The summed E-state index contributed by atoms with van der Waals surface area (Å²) in [6.07, 6.45) is 3.36. The van der Waals surface area contributed by atoms with E-state index in [9.17, 15) is 9.59 Å². The van der Waals surface area contributed by atoms with Gasteiger partial charge in [-0.1, -0.05) is 30.3 Å². The van der Waals surface area contributed by atoms with Crippen LogP contribution in [0.4, 0.5) is 0 Å². The number of ether oxygens (including phenoxy) is 1.